The van der Waals surface area contributed by atoms with Crippen LogP contribution in [0, 0.1) is 0 Å². The number of carbonyl (C=O) groups excluding carboxylic acids is 1. The number of esters is 1. The first-order valence-electron chi connectivity index (χ1n) is 9.80. The van der Waals surface area contributed by atoms with Gasteiger partial charge in [-0.2, -0.15) is 0 Å². The Bertz CT molecular complexity index is 1080. The minimum absolute atomic E-state index is 0.0505. The van der Waals surface area contributed by atoms with Crippen molar-refractivity contribution in [1.29, 1.82) is 0 Å². The molecule has 0 N–H and O–H groups in total. The van der Waals surface area contributed by atoms with E-state index < -0.39 is 0 Å². The molecule has 0 spiro atoms. The van der Waals surface area contributed by atoms with Gasteiger partial charge in [-0.15, -0.1) is 11.3 Å². The maximum absolute atomic E-state index is 13.5. The number of ether oxygens (including phenoxy) is 2. The molecular formula is C22H26N2O4S. The second-order valence-corrected chi connectivity index (χ2v) is 7.77. The van der Waals surface area contributed by atoms with Crippen LogP contribution in [0.2, 0.25) is 0 Å². The summed E-state index contributed by atoms with van der Waals surface area (Å²) in [5, 5.41) is 0.648. The predicted octanol–water partition coefficient (Wildman–Crippen LogP) is 4.21. The summed E-state index contributed by atoms with van der Waals surface area (Å²) >= 11 is 1.58. The lowest BCUT2D eigenvalue weighted by Crippen LogP contribution is -2.25. The van der Waals surface area contributed by atoms with Crippen molar-refractivity contribution >= 4 is 27.5 Å². The SMILES string of the molecule is CCc1sc2nc(CC)n(CCCC(=O)OC)c(=O)c2c1-c1cccc(OC)c1. The quantitative estimate of drug-likeness (QED) is 0.517. The van der Waals surface area contributed by atoms with Crippen LogP contribution in [0.4, 0.5) is 0 Å². The van der Waals surface area contributed by atoms with Crippen LogP contribution in [0.5, 0.6) is 5.75 Å². The maximum atomic E-state index is 13.5. The Balaban J connectivity index is 2.17. The van der Waals surface area contributed by atoms with Crippen molar-refractivity contribution in [3.63, 3.8) is 0 Å². The molecule has 0 aliphatic heterocycles. The van der Waals surface area contributed by atoms with Crippen molar-refractivity contribution < 1.29 is 14.3 Å². The van der Waals surface area contributed by atoms with Gasteiger partial charge in [0, 0.05) is 29.8 Å². The number of aromatic nitrogens is 2. The number of fused-ring (bicyclic) bond motifs is 1. The number of methoxy groups -OCH3 is 2. The summed E-state index contributed by atoms with van der Waals surface area (Å²) in [5.41, 5.74) is 1.84. The summed E-state index contributed by atoms with van der Waals surface area (Å²) < 4.78 is 11.8. The van der Waals surface area contributed by atoms with Gasteiger partial charge in [0.25, 0.3) is 5.56 Å². The Hall–Kier alpha value is -2.67. The van der Waals surface area contributed by atoms with E-state index in [-0.39, 0.29) is 17.9 Å². The minimum Gasteiger partial charge on any atom is -0.497 e. The van der Waals surface area contributed by atoms with Gasteiger partial charge in [0.15, 0.2) is 0 Å². The van der Waals surface area contributed by atoms with Crippen molar-refractivity contribution in [3.05, 3.63) is 45.3 Å². The Morgan fingerprint density at radius 3 is 2.66 bits per heavy atom. The van der Waals surface area contributed by atoms with E-state index in [1.54, 1.807) is 23.0 Å². The highest BCUT2D eigenvalue weighted by Gasteiger charge is 2.20. The molecule has 0 aliphatic carbocycles. The second-order valence-electron chi connectivity index (χ2n) is 6.68. The van der Waals surface area contributed by atoms with E-state index >= 15 is 0 Å². The summed E-state index contributed by atoms with van der Waals surface area (Å²) in [5.74, 6) is 1.22. The molecule has 3 rings (SSSR count). The number of carbonyl (C=O) groups is 1. The first-order valence-corrected chi connectivity index (χ1v) is 10.6. The topological polar surface area (TPSA) is 70.4 Å². The number of thiophene rings is 1. The molecule has 0 bridgehead atoms. The van der Waals surface area contributed by atoms with Crippen molar-refractivity contribution in [2.24, 2.45) is 0 Å². The van der Waals surface area contributed by atoms with Crippen LogP contribution in [0.1, 0.15) is 37.4 Å². The molecule has 0 saturated heterocycles. The van der Waals surface area contributed by atoms with Crippen LogP contribution in [0.15, 0.2) is 29.1 Å². The molecule has 2 aromatic heterocycles. The van der Waals surface area contributed by atoms with Crippen molar-refractivity contribution in [1.82, 2.24) is 9.55 Å². The monoisotopic (exact) mass is 414 g/mol. The third kappa shape index (κ3) is 4.19. The van der Waals surface area contributed by atoms with Gasteiger partial charge < -0.3 is 9.47 Å². The summed E-state index contributed by atoms with van der Waals surface area (Å²) in [6.07, 6.45) is 2.27. The van der Waals surface area contributed by atoms with Crippen LogP contribution >= 0.6 is 11.3 Å². The van der Waals surface area contributed by atoms with E-state index in [9.17, 15) is 9.59 Å². The number of rotatable bonds is 8. The summed E-state index contributed by atoms with van der Waals surface area (Å²) in [4.78, 5) is 31.7. The lowest BCUT2D eigenvalue weighted by atomic mass is 10.0. The smallest absolute Gasteiger partial charge is 0.305 e. The number of hydrogen-bond donors (Lipinski definition) is 0. The van der Waals surface area contributed by atoms with Gasteiger partial charge in [0.2, 0.25) is 0 Å². The molecule has 0 radical (unpaired) electrons. The zero-order valence-electron chi connectivity index (χ0n) is 17.3. The number of hydrogen-bond acceptors (Lipinski definition) is 6. The molecule has 3 aromatic rings. The average molecular weight is 415 g/mol. The van der Waals surface area contributed by atoms with E-state index in [2.05, 4.69) is 6.92 Å². The van der Waals surface area contributed by atoms with Crippen molar-refractivity contribution in [2.45, 2.75) is 46.1 Å². The standard InChI is InChI=1S/C22H26N2O4S/c1-5-16-19(14-9-7-10-15(13-14)27-3)20-21(29-16)23-17(6-2)24(22(20)26)12-8-11-18(25)28-4/h7,9-10,13H,5-6,8,11-12H2,1-4H3. The minimum atomic E-state index is -0.272. The third-order valence-corrected chi connectivity index (χ3v) is 6.18. The zero-order chi connectivity index (χ0) is 21.0. The van der Waals surface area contributed by atoms with Gasteiger partial charge in [-0.3, -0.25) is 14.2 Å². The molecule has 29 heavy (non-hydrogen) atoms. The van der Waals surface area contributed by atoms with Crippen LogP contribution in [-0.2, 0) is 28.9 Å². The molecule has 154 valence electrons. The lowest BCUT2D eigenvalue weighted by Gasteiger charge is -2.12. The van der Waals surface area contributed by atoms with E-state index in [0.717, 1.165) is 38.8 Å². The molecule has 0 atom stereocenters. The summed E-state index contributed by atoms with van der Waals surface area (Å²) in [6.45, 7) is 4.51. The summed E-state index contributed by atoms with van der Waals surface area (Å²) in [6, 6.07) is 7.77. The first kappa shape index (κ1) is 21.0. The van der Waals surface area contributed by atoms with Crippen molar-refractivity contribution in [2.75, 3.05) is 14.2 Å². The fourth-order valence-electron chi connectivity index (χ4n) is 3.49. The number of benzene rings is 1. The van der Waals surface area contributed by atoms with Crippen LogP contribution in [-0.4, -0.2) is 29.7 Å². The van der Waals surface area contributed by atoms with Crippen LogP contribution < -0.4 is 10.3 Å². The molecule has 0 fully saturated rings. The normalized spacial score (nSPS) is 11.0. The van der Waals surface area contributed by atoms with E-state index in [1.165, 1.54) is 7.11 Å². The van der Waals surface area contributed by atoms with Crippen molar-refractivity contribution in [3.8, 4) is 16.9 Å². The molecule has 6 nitrogen and oxygen atoms in total. The van der Waals surface area contributed by atoms with Gasteiger partial charge in [-0.1, -0.05) is 26.0 Å². The third-order valence-electron chi connectivity index (χ3n) is 4.95. The van der Waals surface area contributed by atoms with E-state index in [1.807, 2.05) is 31.2 Å². The highest BCUT2D eigenvalue weighted by Crippen LogP contribution is 2.38. The molecule has 0 aliphatic rings. The Morgan fingerprint density at radius 1 is 1.21 bits per heavy atom. The highest BCUT2D eigenvalue weighted by molar-refractivity contribution is 7.19. The largest absolute Gasteiger partial charge is 0.497 e. The maximum Gasteiger partial charge on any atom is 0.305 e. The van der Waals surface area contributed by atoms with Crippen LogP contribution in [0.25, 0.3) is 21.3 Å². The molecular weight excluding hydrogens is 388 g/mol. The molecule has 0 unspecified atom stereocenters. The Morgan fingerprint density at radius 2 is 2.00 bits per heavy atom. The molecule has 2 heterocycles. The van der Waals surface area contributed by atoms with Crippen LogP contribution in [0.3, 0.4) is 0 Å². The molecule has 1 aromatic carbocycles. The Kier molecular flexibility index (Phi) is 6.69. The van der Waals surface area contributed by atoms with Gasteiger partial charge >= 0.3 is 5.97 Å². The molecule has 7 heteroatoms. The van der Waals surface area contributed by atoms with E-state index in [0.29, 0.717) is 24.8 Å². The van der Waals surface area contributed by atoms with Gasteiger partial charge in [0.1, 0.15) is 16.4 Å². The zero-order valence-corrected chi connectivity index (χ0v) is 18.1. The van der Waals surface area contributed by atoms with Gasteiger partial charge in [-0.05, 0) is 30.5 Å². The number of aryl methyl sites for hydroxylation is 2. The second kappa shape index (κ2) is 9.22. The lowest BCUT2D eigenvalue weighted by molar-refractivity contribution is -0.140. The highest BCUT2D eigenvalue weighted by atomic mass is 32.1. The summed E-state index contributed by atoms with van der Waals surface area (Å²) in [7, 11) is 3.01. The predicted molar refractivity (Wildman–Crippen MR) is 116 cm³/mol. The van der Waals surface area contributed by atoms with Gasteiger partial charge in [-0.25, -0.2) is 4.98 Å². The molecule has 0 saturated carbocycles. The first-order chi connectivity index (χ1) is 14.0. The number of nitrogens with zero attached hydrogens (tertiary/aromatic N) is 2. The van der Waals surface area contributed by atoms with Gasteiger partial charge in [0.05, 0.1) is 19.6 Å². The van der Waals surface area contributed by atoms with E-state index in [4.69, 9.17) is 14.5 Å². The molecule has 0 amide bonds. The average Bonchev–Trinajstić information content (AvgIpc) is 3.13. The fourth-order valence-corrected chi connectivity index (χ4v) is 4.63. The Labute approximate surface area is 174 Å². The fraction of sp³-hybridized carbons (Fsp3) is 0.409.